The molecule has 0 aliphatic rings. The van der Waals surface area contributed by atoms with E-state index < -0.39 is 11.4 Å². The van der Waals surface area contributed by atoms with Crippen LogP contribution < -0.4 is 4.72 Å². The Morgan fingerprint density at radius 2 is 1.67 bits per heavy atom. The van der Waals surface area contributed by atoms with E-state index in [1.54, 1.807) is 0 Å². The highest BCUT2D eigenvalue weighted by atomic mass is 32.2. The first kappa shape index (κ1) is 21.5. The van der Waals surface area contributed by atoms with E-state index in [2.05, 4.69) is 61.7 Å². The van der Waals surface area contributed by atoms with Crippen LogP contribution in [0.2, 0.25) is 0 Å². The summed E-state index contributed by atoms with van der Waals surface area (Å²) in [5, 5.41) is 0. The Morgan fingerprint density at radius 1 is 1.12 bits per heavy atom. The first-order valence-corrected chi connectivity index (χ1v) is 10.3. The highest BCUT2D eigenvalue weighted by Crippen LogP contribution is 2.25. The van der Waals surface area contributed by atoms with E-state index in [9.17, 15) is 4.55 Å². The largest absolute Gasteiger partial charge is 0.598 e. The highest BCUT2D eigenvalue weighted by Gasteiger charge is 2.33. The number of hydrogen-bond acceptors (Lipinski definition) is 3. The van der Waals surface area contributed by atoms with Crippen LogP contribution >= 0.6 is 0 Å². The Hall–Kier alpha value is -0.550. The number of likely N-dealkylation sites (N-methyl/N-ethyl adjacent to an activating group) is 1. The van der Waals surface area contributed by atoms with Gasteiger partial charge in [0.1, 0.15) is 4.75 Å². The second kappa shape index (κ2) is 9.81. The van der Waals surface area contributed by atoms with E-state index in [4.69, 9.17) is 0 Å². The molecule has 0 heterocycles. The molecule has 3 unspecified atom stereocenters. The molecule has 0 amide bonds. The molecule has 0 aliphatic heterocycles. The molecular weight excluding hydrogens is 316 g/mol. The van der Waals surface area contributed by atoms with Gasteiger partial charge in [0.25, 0.3) is 0 Å². The zero-order valence-electron chi connectivity index (χ0n) is 16.5. The fourth-order valence-electron chi connectivity index (χ4n) is 2.77. The zero-order chi connectivity index (χ0) is 18.3. The third-order valence-electron chi connectivity index (χ3n) is 4.83. The minimum absolute atomic E-state index is 0.0469. The normalized spacial score (nSPS) is 16.4. The summed E-state index contributed by atoms with van der Waals surface area (Å²) in [6.45, 7) is 13.8. The van der Waals surface area contributed by atoms with Crippen molar-refractivity contribution in [3.63, 3.8) is 0 Å². The standard InChI is InChI=1S/C20H36N2OS/c1-8-17(9-2)15-22(7)16(3)19(18-13-11-10-12-14-18)21-24(23)20(4,5)6/h10-14,16-17,19,21H,8-9,15H2,1-7H3. The van der Waals surface area contributed by atoms with Gasteiger partial charge in [0.05, 0.1) is 6.04 Å². The van der Waals surface area contributed by atoms with Crippen LogP contribution in [0, 0.1) is 5.92 Å². The van der Waals surface area contributed by atoms with E-state index in [0.717, 1.165) is 6.54 Å². The SMILES string of the molecule is CCC(CC)CN(C)C(C)C(N[S+]([O-])C(C)(C)C)c1ccccc1. The summed E-state index contributed by atoms with van der Waals surface area (Å²) < 4.78 is 15.8. The molecule has 0 saturated carbocycles. The Balaban J connectivity index is 2.95. The van der Waals surface area contributed by atoms with Crippen LogP contribution in [0.15, 0.2) is 30.3 Å². The van der Waals surface area contributed by atoms with Gasteiger partial charge in [0.15, 0.2) is 0 Å². The van der Waals surface area contributed by atoms with Gasteiger partial charge in [-0.2, -0.15) is 0 Å². The minimum Gasteiger partial charge on any atom is -0.598 e. The summed E-state index contributed by atoms with van der Waals surface area (Å²) in [6.07, 6.45) is 2.40. The molecule has 0 radical (unpaired) electrons. The van der Waals surface area contributed by atoms with Crippen LogP contribution in [0.4, 0.5) is 0 Å². The van der Waals surface area contributed by atoms with Gasteiger partial charge in [0.2, 0.25) is 0 Å². The van der Waals surface area contributed by atoms with E-state index in [0.29, 0.717) is 5.92 Å². The lowest BCUT2D eigenvalue weighted by atomic mass is 9.98. The van der Waals surface area contributed by atoms with Crippen molar-refractivity contribution in [1.82, 2.24) is 9.62 Å². The van der Waals surface area contributed by atoms with Crippen molar-refractivity contribution in [3.05, 3.63) is 35.9 Å². The summed E-state index contributed by atoms with van der Waals surface area (Å²) in [4.78, 5) is 2.40. The zero-order valence-corrected chi connectivity index (χ0v) is 17.3. The van der Waals surface area contributed by atoms with Gasteiger partial charge in [0, 0.05) is 23.9 Å². The van der Waals surface area contributed by atoms with E-state index in [1.807, 2.05) is 26.8 Å². The van der Waals surface area contributed by atoms with Crippen LogP contribution in [-0.2, 0) is 11.4 Å². The average Bonchev–Trinajstić information content (AvgIpc) is 2.56. The summed E-state index contributed by atoms with van der Waals surface area (Å²) in [5.74, 6) is 0.710. The average molecular weight is 353 g/mol. The van der Waals surface area contributed by atoms with Crippen molar-refractivity contribution >= 4 is 11.4 Å². The van der Waals surface area contributed by atoms with Gasteiger partial charge < -0.3 is 9.45 Å². The molecule has 24 heavy (non-hydrogen) atoms. The van der Waals surface area contributed by atoms with Gasteiger partial charge in [-0.25, -0.2) is 0 Å². The molecule has 4 heteroatoms. The second-order valence-electron chi connectivity index (χ2n) is 7.75. The molecule has 3 atom stereocenters. The first-order valence-electron chi connectivity index (χ1n) is 9.13. The Kier molecular flexibility index (Phi) is 8.78. The van der Waals surface area contributed by atoms with Crippen LogP contribution in [0.25, 0.3) is 0 Å². The van der Waals surface area contributed by atoms with Crippen molar-refractivity contribution in [2.45, 2.75) is 71.2 Å². The van der Waals surface area contributed by atoms with Crippen molar-refractivity contribution in [2.75, 3.05) is 13.6 Å². The van der Waals surface area contributed by atoms with Gasteiger partial charge in [-0.3, -0.25) is 0 Å². The van der Waals surface area contributed by atoms with E-state index >= 15 is 0 Å². The number of rotatable bonds is 9. The molecule has 1 rings (SSSR count). The summed E-state index contributed by atoms with van der Waals surface area (Å²) in [7, 11) is 2.18. The quantitative estimate of drug-likeness (QED) is 0.663. The molecule has 0 aromatic heterocycles. The fourth-order valence-corrected chi connectivity index (χ4v) is 3.69. The van der Waals surface area contributed by atoms with Gasteiger partial charge in [-0.05, 0) is 46.2 Å². The Labute approximate surface area is 152 Å². The number of hydrogen-bond donors (Lipinski definition) is 1. The van der Waals surface area contributed by atoms with Crippen molar-refractivity contribution < 1.29 is 4.55 Å². The monoisotopic (exact) mass is 352 g/mol. The Morgan fingerprint density at radius 3 is 2.12 bits per heavy atom. The first-order chi connectivity index (χ1) is 11.2. The molecule has 1 aromatic rings. The summed E-state index contributed by atoms with van der Waals surface area (Å²) in [6, 6.07) is 10.7. The summed E-state index contributed by atoms with van der Waals surface area (Å²) >= 11 is -1.10. The third-order valence-corrected chi connectivity index (χ3v) is 6.41. The third kappa shape index (κ3) is 6.40. The Bertz CT molecular complexity index is 456. The molecule has 0 bridgehead atoms. The second-order valence-corrected chi connectivity index (χ2v) is 9.75. The van der Waals surface area contributed by atoms with Crippen molar-refractivity contribution in [3.8, 4) is 0 Å². The fraction of sp³-hybridized carbons (Fsp3) is 0.700. The molecule has 0 aliphatic carbocycles. The topological polar surface area (TPSA) is 38.3 Å². The lowest BCUT2D eigenvalue weighted by Gasteiger charge is -2.36. The minimum atomic E-state index is -1.10. The van der Waals surface area contributed by atoms with Gasteiger partial charge in [-0.15, -0.1) is 4.72 Å². The van der Waals surface area contributed by atoms with Crippen LogP contribution in [0.1, 0.15) is 66.0 Å². The van der Waals surface area contributed by atoms with E-state index in [1.165, 1.54) is 18.4 Å². The number of benzene rings is 1. The highest BCUT2D eigenvalue weighted by molar-refractivity contribution is 7.90. The number of nitrogens with zero attached hydrogens (tertiary/aromatic N) is 1. The van der Waals surface area contributed by atoms with Crippen molar-refractivity contribution in [1.29, 1.82) is 0 Å². The molecule has 1 aromatic carbocycles. The molecular formula is C20H36N2OS. The number of nitrogens with one attached hydrogen (secondary N) is 1. The molecule has 1 N–H and O–H groups in total. The molecule has 0 saturated heterocycles. The van der Waals surface area contributed by atoms with Crippen LogP contribution in [0.5, 0.6) is 0 Å². The molecule has 138 valence electrons. The van der Waals surface area contributed by atoms with Crippen LogP contribution in [0.3, 0.4) is 0 Å². The lowest BCUT2D eigenvalue weighted by Crippen LogP contribution is -2.48. The van der Waals surface area contributed by atoms with Crippen LogP contribution in [-0.4, -0.2) is 33.8 Å². The predicted octanol–water partition coefficient (Wildman–Crippen LogP) is 4.54. The lowest BCUT2D eigenvalue weighted by molar-refractivity contribution is 0.183. The predicted molar refractivity (Wildman–Crippen MR) is 106 cm³/mol. The maximum atomic E-state index is 12.7. The molecule has 0 fully saturated rings. The molecule has 3 nitrogen and oxygen atoms in total. The maximum Gasteiger partial charge on any atom is 0.136 e. The van der Waals surface area contributed by atoms with Crippen molar-refractivity contribution in [2.24, 2.45) is 5.92 Å². The van der Waals surface area contributed by atoms with Gasteiger partial charge >= 0.3 is 0 Å². The summed E-state index contributed by atoms with van der Waals surface area (Å²) in [5.41, 5.74) is 1.19. The maximum absolute atomic E-state index is 12.7. The molecule has 0 spiro atoms. The van der Waals surface area contributed by atoms with Gasteiger partial charge in [-0.1, -0.05) is 57.0 Å². The smallest absolute Gasteiger partial charge is 0.136 e. The van der Waals surface area contributed by atoms with E-state index in [-0.39, 0.29) is 16.8 Å².